The molecule has 1 saturated heterocycles. The zero-order chi connectivity index (χ0) is 21.2. The number of carbonyl (C=O) groups excluding carboxylic acids is 2. The molecule has 2 atom stereocenters. The highest BCUT2D eigenvalue weighted by atomic mass is 19.1. The molecule has 1 aromatic heterocycles. The Morgan fingerprint density at radius 1 is 1.31 bits per heavy atom. The summed E-state index contributed by atoms with van der Waals surface area (Å²) in [6.45, 7) is 6.75. The smallest absolute Gasteiger partial charge is 0.243 e. The molecule has 2 aliphatic rings. The molecule has 1 N–H and O–H groups in total. The fourth-order valence-electron chi connectivity index (χ4n) is 2.75. The molecule has 0 spiro atoms. The predicted octanol–water partition coefficient (Wildman–Crippen LogP) is 3.96. The van der Waals surface area contributed by atoms with E-state index in [2.05, 4.69) is 17.2 Å². The van der Waals surface area contributed by atoms with Gasteiger partial charge in [0.1, 0.15) is 23.7 Å². The third-order valence-electron chi connectivity index (χ3n) is 4.64. The Balaban J connectivity index is 0.000000221. The maximum Gasteiger partial charge on any atom is 0.243 e. The standard InChI is InChI=1S/C12H17N3O3.C6H5F.C4H8/c1-8(2)3-10-12(17)14-9(5-15(10)7-16)11-4-13-6-18-11;7-6-4-2-1-3-5-6;1-4-2-3-4/h4,6-10H,3,5H2,1-2H3,(H,14,17);1-5H;4H,2-3H2,1H3. The minimum absolute atomic E-state index is 0.136. The third-order valence-corrected chi connectivity index (χ3v) is 4.64. The highest BCUT2D eigenvalue weighted by Crippen LogP contribution is 2.26. The molecule has 29 heavy (non-hydrogen) atoms. The molecule has 2 unspecified atom stereocenters. The van der Waals surface area contributed by atoms with E-state index in [4.69, 9.17) is 4.42 Å². The van der Waals surface area contributed by atoms with Crippen LogP contribution in [0.5, 0.6) is 0 Å². The first-order valence-electron chi connectivity index (χ1n) is 10.0. The number of halogens is 1. The Kier molecular flexibility index (Phi) is 8.83. The summed E-state index contributed by atoms with van der Waals surface area (Å²) in [6, 6.07) is 7.24. The average molecular weight is 403 g/mol. The molecular weight excluding hydrogens is 373 g/mol. The molecule has 158 valence electrons. The summed E-state index contributed by atoms with van der Waals surface area (Å²) in [6.07, 6.45) is 7.23. The second-order valence-electron chi connectivity index (χ2n) is 7.89. The van der Waals surface area contributed by atoms with Crippen molar-refractivity contribution in [3.05, 3.63) is 54.5 Å². The van der Waals surface area contributed by atoms with Gasteiger partial charge in [0.25, 0.3) is 0 Å². The van der Waals surface area contributed by atoms with E-state index in [1.165, 1.54) is 36.3 Å². The number of hydrogen-bond acceptors (Lipinski definition) is 4. The number of oxazole rings is 1. The number of piperazine rings is 1. The minimum Gasteiger partial charge on any atom is -0.446 e. The normalized spacial score (nSPS) is 20.7. The highest BCUT2D eigenvalue weighted by molar-refractivity contribution is 5.85. The van der Waals surface area contributed by atoms with E-state index in [1.54, 1.807) is 24.4 Å². The summed E-state index contributed by atoms with van der Waals surface area (Å²) < 4.78 is 17.1. The van der Waals surface area contributed by atoms with Gasteiger partial charge in [0.15, 0.2) is 6.39 Å². The van der Waals surface area contributed by atoms with Gasteiger partial charge >= 0.3 is 0 Å². The van der Waals surface area contributed by atoms with E-state index in [9.17, 15) is 14.0 Å². The van der Waals surface area contributed by atoms with Crippen molar-refractivity contribution < 1.29 is 18.4 Å². The summed E-state index contributed by atoms with van der Waals surface area (Å²) in [4.78, 5) is 28.5. The van der Waals surface area contributed by atoms with Gasteiger partial charge in [0.2, 0.25) is 12.3 Å². The van der Waals surface area contributed by atoms with Gasteiger partial charge in [0.05, 0.1) is 6.20 Å². The zero-order valence-corrected chi connectivity index (χ0v) is 17.3. The fourth-order valence-corrected chi connectivity index (χ4v) is 2.75. The average Bonchev–Trinajstić information content (AvgIpc) is 3.29. The lowest BCUT2D eigenvalue weighted by molar-refractivity contribution is -0.138. The van der Waals surface area contributed by atoms with Gasteiger partial charge in [-0.3, -0.25) is 9.59 Å². The van der Waals surface area contributed by atoms with Crippen molar-refractivity contribution in [2.75, 3.05) is 6.54 Å². The number of nitrogens with zero attached hydrogens (tertiary/aromatic N) is 2. The SMILES string of the molecule is CC(C)CC1C(=O)NC(c2cnco2)CN1C=O.CC1CC1.Fc1ccccc1. The van der Waals surface area contributed by atoms with Crippen molar-refractivity contribution in [1.29, 1.82) is 0 Å². The van der Waals surface area contributed by atoms with Gasteiger partial charge in [-0.05, 0) is 30.4 Å². The molecule has 4 rings (SSSR count). The topological polar surface area (TPSA) is 75.4 Å². The van der Waals surface area contributed by atoms with Crippen LogP contribution in [0.2, 0.25) is 0 Å². The molecule has 1 saturated carbocycles. The number of rotatable bonds is 4. The lowest BCUT2D eigenvalue weighted by Crippen LogP contribution is -2.56. The Morgan fingerprint density at radius 3 is 2.38 bits per heavy atom. The largest absolute Gasteiger partial charge is 0.446 e. The fraction of sp³-hybridized carbons (Fsp3) is 0.500. The third kappa shape index (κ3) is 8.05. The Labute approximate surface area is 171 Å². The lowest BCUT2D eigenvalue weighted by atomic mass is 9.98. The molecule has 2 fully saturated rings. The Morgan fingerprint density at radius 2 is 1.97 bits per heavy atom. The van der Waals surface area contributed by atoms with Gasteiger partial charge in [0, 0.05) is 6.54 Å². The van der Waals surface area contributed by atoms with Gasteiger partial charge in [-0.1, -0.05) is 51.8 Å². The van der Waals surface area contributed by atoms with Crippen LogP contribution >= 0.6 is 0 Å². The number of carbonyl (C=O) groups is 2. The summed E-state index contributed by atoms with van der Waals surface area (Å²) >= 11 is 0. The summed E-state index contributed by atoms with van der Waals surface area (Å²) in [5.41, 5.74) is 0. The molecule has 7 heteroatoms. The van der Waals surface area contributed by atoms with E-state index >= 15 is 0 Å². The number of aromatic nitrogens is 1. The van der Waals surface area contributed by atoms with Crippen molar-refractivity contribution in [2.45, 2.75) is 52.1 Å². The van der Waals surface area contributed by atoms with Crippen LogP contribution in [0.3, 0.4) is 0 Å². The summed E-state index contributed by atoms with van der Waals surface area (Å²) in [5, 5.41) is 2.87. The predicted molar refractivity (Wildman–Crippen MR) is 108 cm³/mol. The number of nitrogens with one attached hydrogen (secondary N) is 1. The molecule has 6 nitrogen and oxygen atoms in total. The molecule has 0 bridgehead atoms. The molecule has 1 aromatic carbocycles. The molecule has 2 heterocycles. The monoisotopic (exact) mass is 403 g/mol. The second-order valence-corrected chi connectivity index (χ2v) is 7.89. The van der Waals surface area contributed by atoms with Crippen molar-refractivity contribution in [1.82, 2.24) is 15.2 Å². The molecule has 2 amide bonds. The van der Waals surface area contributed by atoms with E-state index in [0.29, 0.717) is 24.6 Å². The maximum absolute atomic E-state index is 12.0. The van der Waals surface area contributed by atoms with Crippen molar-refractivity contribution in [3.8, 4) is 0 Å². The van der Waals surface area contributed by atoms with Crippen molar-refractivity contribution in [3.63, 3.8) is 0 Å². The van der Waals surface area contributed by atoms with Gasteiger partial charge < -0.3 is 14.6 Å². The van der Waals surface area contributed by atoms with E-state index in [1.807, 2.05) is 13.8 Å². The second kappa shape index (κ2) is 11.3. The van der Waals surface area contributed by atoms with Crippen LogP contribution in [0.15, 0.2) is 47.3 Å². The first-order valence-corrected chi connectivity index (χ1v) is 10.0. The van der Waals surface area contributed by atoms with Crippen LogP contribution in [-0.2, 0) is 9.59 Å². The quantitative estimate of drug-likeness (QED) is 0.784. The Hall–Kier alpha value is -2.70. The van der Waals surface area contributed by atoms with Gasteiger partial charge in [-0.15, -0.1) is 0 Å². The van der Waals surface area contributed by atoms with Crippen LogP contribution in [0, 0.1) is 17.7 Å². The molecular formula is C22H30FN3O3. The number of amides is 2. The molecule has 2 aromatic rings. The zero-order valence-electron chi connectivity index (χ0n) is 17.3. The van der Waals surface area contributed by atoms with Crippen LogP contribution in [0.1, 0.15) is 51.8 Å². The van der Waals surface area contributed by atoms with Crippen LogP contribution in [0.25, 0.3) is 0 Å². The van der Waals surface area contributed by atoms with E-state index in [-0.39, 0.29) is 23.8 Å². The first-order chi connectivity index (χ1) is 13.9. The van der Waals surface area contributed by atoms with Crippen molar-refractivity contribution >= 4 is 12.3 Å². The van der Waals surface area contributed by atoms with Gasteiger partial charge in [-0.25, -0.2) is 9.37 Å². The van der Waals surface area contributed by atoms with Crippen molar-refractivity contribution in [2.24, 2.45) is 11.8 Å². The molecule has 1 aliphatic heterocycles. The number of benzene rings is 1. The minimum atomic E-state index is -0.387. The van der Waals surface area contributed by atoms with Crippen LogP contribution < -0.4 is 5.32 Å². The summed E-state index contributed by atoms with van der Waals surface area (Å²) in [5.74, 6) is 1.69. The van der Waals surface area contributed by atoms with Crippen LogP contribution in [-0.4, -0.2) is 34.8 Å². The maximum atomic E-state index is 12.0. The highest BCUT2D eigenvalue weighted by Gasteiger charge is 2.35. The first kappa shape index (κ1) is 22.6. The lowest BCUT2D eigenvalue weighted by Gasteiger charge is -2.36. The van der Waals surface area contributed by atoms with E-state index < -0.39 is 0 Å². The van der Waals surface area contributed by atoms with Gasteiger partial charge in [-0.2, -0.15) is 0 Å². The number of hydrogen-bond donors (Lipinski definition) is 1. The Bertz CT molecular complexity index is 733. The molecule has 0 radical (unpaired) electrons. The van der Waals surface area contributed by atoms with Crippen LogP contribution in [0.4, 0.5) is 4.39 Å². The molecule has 1 aliphatic carbocycles. The van der Waals surface area contributed by atoms with E-state index in [0.717, 1.165) is 12.3 Å². The summed E-state index contributed by atoms with van der Waals surface area (Å²) in [7, 11) is 0.